The first-order chi connectivity index (χ1) is 7.27. The van der Waals surface area contributed by atoms with E-state index in [-0.39, 0.29) is 5.56 Å². The van der Waals surface area contributed by atoms with Gasteiger partial charge in [-0.1, -0.05) is 12.1 Å². The molecule has 1 aromatic heterocycles. The van der Waals surface area contributed by atoms with Crippen LogP contribution < -0.4 is 0 Å². The molecule has 0 atom stereocenters. The molecule has 0 saturated carbocycles. The SMILES string of the molecule is O=C(O)c1ccc(-c2ccncn2)cc1. The van der Waals surface area contributed by atoms with Crippen molar-refractivity contribution in [2.75, 3.05) is 0 Å². The van der Waals surface area contributed by atoms with Gasteiger partial charge in [0.2, 0.25) is 0 Å². The number of rotatable bonds is 2. The van der Waals surface area contributed by atoms with Crippen molar-refractivity contribution in [3.8, 4) is 11.3 Å². The van der Waals surface area contributed by atoms with E-state index in [0.29, 0.717) is 0 Å². The Bertz CT molecular complexity index is 466. The highest BCUT2D eigenvalue weighted by atomic mass is 16.4. The minimum Gasteiger partial charge on any atom is -0.478 e. The molecular weight excluding hydrogens is 192 g/mol. The lowest BCUT2D eigenvalue weighted by atomic mass is 10.1. The standard InChI is InChI=1S/C11H8N2O2/c14-11(15)9-3-1-8(2-4-9)10-5-6-12-7-13-10/h1-7H,(H,14,15). The van der Waals surface area contributed by atoms with Gasteiger partial charge in [0.05, 0.1) is 11.3 Å². The van der Waals surface area contributed by atoms with E-state index in [0.717, 1.165) is 11.3 Å². The van der Waals surface area contributed by atoms with Crippen molar-refractivity contribution in [1.29, 1.82) is 0 Å². The molecule has 4 nitrogen and oxygen atoms in total. The van der Waals surface area contributed by atoms with E-state index in [1.54, 1.807) is 36.5 Å². The Kier molecular flexibility index (Phi) is 2.41. The van der Waals surface area contributed by atoms with Crippen LogP contribution in [-0.4, -0.2) is 21.0 Å². The fourth-order valence-electron chi connectivity index (χ4n) is 1.25. The number of aromatic nitrogens is 2. The van der Waals surface area contributed by atoms with Gasteiger partial charge >= 0.3 is 5.97 Å². The quantitative estimate of drug-likeness (QED) is 0.803. The fraction of sp³-hybridized carbons (Fsp3) is 0. The van der Waals surface area contributed by atoms with E-state index in [1.807, 2.05) is 0 Å². The highest BCUT2D eigenvalue weighted by Gasteiger charge is 2.03. The average Bonchev–Trinajstić information content (AvgIpc) is 2.30. The summed E-state index contributed by atoms with van der Waals surface area (Å²) in [5.41, 5.74) is 1.93. The zero-order valence-corrected chi connectivity index (χ0v) is 7.79. The van der Waals surface area contributed by atoms with Crippen molar-refractivity contribution in [2.24, 2.45) is 0 Å². The molecule has 2 aromatic rings. The largest absolute Gasteiger partial charge is 0.478 e. The number of benzene rings is 1. The highest BCUT2D eigenvalue weighted by Crippen LogP contribution is 2.16. The Morgan fingerprint density at radius 2 is 1.87 bits per heavy atom. The van der Waals surface area contributed by atoms with E-state index in [1.165, 1.54) is 6.33 Å². The van der Waals surface area contributed by atoms with Crippen LogP contribution in [0.4, 0.5) is 0 Å². The summed E-state index contributed by atoms with van der Waals surface area (Å²) in [5, 5.41) is 8.72. The lowest BCUT2D eigenvalue weighted by molar-refractivity contribution is 0.0697. The normalized spacial score (nSPS) is 9.87. The number of hydrogen-bond donors (Lipinski definition) is 1. The van der Waals surface area contributed by atoms with Gasteiger partial charge in [0.1, 0.15) is 6.33 Å². The van der Waals surface area contributed by atoms with Crippen LogP contribution in [0.2, 0.25) is 0 Å². The van der Waals surface area contributed by atoms with Crippen LogP contribution in [0.1, 0.15) is 10.4 Å². The third kappa shape index (κ3) is 1.99. The molecule has 2 rings (SSSR count). The Balaban J connectivity index is 2.36. The third-order valence-corrected chi connectivity index (χ3v) is 2.01. The molecule has 0 spiro atoms. The number of hydrogen-bond acceptors (Lipinski definition) is 3. The van der Waals surface area contributed by atoms with Crippen molar-refractivity contribution in [2.45, 2.75) is 0 Å². The summed E-state index contributed by atoms with van der Waals surface area (Å²) in [6.07, 6.45) is 3.11. The van der Waals surface area contributed by atoms with Crippen molar-refractivity contribution < 1.29 is 9.90 Å². The smallest absolute Gasteiger partial charge is 0.335 e. The number of carboxylic acids is 1. The lowest BCUT2D eigenvalue weighted by Gasteiger charge is -1.99. The Morgan fingerprint density at radius 1 is 1.13 bits per heavy atom. The second-order valence-corrected chi connectivity index (χ2v) is 2.98. The van der Waals surface area contributed by atoms with Crippen LogP contribution >= 0.6 is 0 Å². The number of nitrogens with zero attached hydrogens (tertiary/aromatic N) is 2. The monoisotopic (exact) mass is 200 g/mol. The molecule has 15 heavy (non-hydrogen) atoms. The summed E-state index contributed by atoms with van der Waals surface area (Å²) >= 11 is 0. The van der Waals surface area contributed by atoms with Crippen LogP contribution in [0.15, 0.2) is 42.9 Å². The van der Waals surface area contributed by atoms with Gasteiger partial charge < -0.3 is 5.11 Å². The summed E-state index contributed by atoms with van der Waals surface area (Å²) < 4.78 is 0. The Morgan fingerprint density at radius 3 is 2.40 bits per heavy atom. The molecule has 1 heterocycles. The van der Waals surface area contributed by atoms with Crippen LogP contribution in [0, 0.1) is 0 Å². The Labute approximate surface area is 86.2 Å². The predicted molar refractivity (Wildman–Crippen MR) is 54.4 cm³/mol. The topological polar surface area (TPSA) is 63.1 Å². The van der Waals surface area contributed by atoms with E-state index in [4.69, 9.17) is 5.11 Å². The van der Waals surface area contributed by atoms with Crippen LogP contribution in [0.5, 0.6) is 0 Å². The first-order valence-electron chi connectivity index (χ1n) is 4.37. The van der Waals surface area contributed by atoms with Gasteiger partial charge in [0.15, 0.2) is 0 Å². The minimum absolute atomic E-state index is 0.271. The minimum atomic E-state index is -0.927. The average molecular weight is 200 g/mol. The molecule has 4 heteroatoms. The molecule has 0 aliphatic rings. The molecule has 0 bridgehead atoms. The van der Waals surface area contributed by atoms with Gasteiger partial charge in [-0.05, 0) is 18.2 Å². The summed E-state index contributed by atoms with van der Waals surface area (Å²) in [6, 6.07) is 8.34. The summed E-state index contributed by atoms with van der Waals surface area (Å²) in [5.74, 6) is -0.927. The maximum Gasteiger partial charge on any atom is 0.335 e. The Hall–Kier alpha value is -2.23. The van der Waals surface area contributed by atoms with Crippen molar-refractivity contribution in [3.05, 3.63) is 48.4 Å². The van der Waals surface area contributed by atoms with Gasteiger partial charge in [-0.3, -0.25) is 0 Å². The molecule has 74 valence electrons. The molecule has 1 aromatic carbocycles. The van der Waals surface area contributed by atoms with Gasteiger partial charge in [0, 0.05) is 11.8 Å². The second kappa shape index (κ2) is 3.88. The molecule has 1 N–H and O–H groups in total. The maximum atomic E-state index is 10.6. The third-order valence-electron chi connectivity index (χ3n) is 2.01. The summed E-state index contributed by atoms with van der Waals surface area (Å²) in [6.45, 7) is 0. The maximum absolute atomic E-state index is 10.6. The van der Waals surface area contributed by atoms with Crippen molar-refractivity contribution >= 4 is 5.97 Å². The summed E-state index contributed by atoms with van der Waals surface area (Å²) in [4.78, 5) is 18.5. The van der Waals surface area contributed by atoms with Crippen molar-refractivity contribution in [3.63, 3.8) is 0 Å². The number of carboxylic acid groups (broad SMARTS) is 1. The van der Waals surface area contributed by atoms with Crippen molar-refractivity contribution in [1.82, 2.24) is 9.97 Å². The molecule has 0 saturated heterocycles. The molecule has 0 aliphatic carbocycles. The molecule has 0 radical (unpaired) electrons. The van der Waals surface area contributed by atoms with E-state index in [9.17, 15) is 4.79 Å². The molecule has 0 fully saturated rings. The first-order valence-corrected chi connectivity index (χ1v) is 4.37. The zero-order valence-electron chi connectivity index (χ0n) is 7.79. The van der Waals surface area contributed by atoms with Gasteiger partial charge in [-0.25, -0.2) is 14.8 Å². The molecule has 0 aliphatic heterocycles. The van der Waals surface area contributed by atoms with E-state index < -0.39 is 5.97 Å². The van der Waals surface area contributed by atoms with Gasteiger partial charge in [-0.15, -0.1) is 0 Å². The van der Waals surface area contributed by atoms with Crippen LogP contribution in [0.25, 0.3) is 11.3 Å². The van der Waals surface area contributed by atoms with Crippen LogP contribution in [-0.2, 0) is 0 Å². The van der Waals surface area contributed by atoms with E-state index >= 15 is 0 Å². The first kappa shape index (κ1) is 9.33. The van der Waals surface area contributed by atoms with E-state index in [2.05, 4.69) is 9.97 Å². The lowest BCUT2D eigenvalue weighted by Crippen LogP contribution is -1.95. The van der Waals surface area contributed by atoms with Gasteiger partial charge in [0.25, 0.3) is 0 Å². The summed E-state index contributed by atoms with van der Waals surface area (Å²) in [7, 11) is 0. The van der Waals surface area contributed by atoms with Gasteiger partial charge in [-0.2, -0.15) is 0 Å². The number of carbonyl (C=O) groups is 1. The second-order valence-electron chi connectivity index (χ2n) is 2.98. The molecule has 0 unspecified atom stereocenters. The molecular formula is C11H8N2O2. The predicted octanol–water partition coefficient (Wildman–Crippen LogP) is 1.84. The van der Waals surface area contributed by atoms with Crippen LogP contribution in [0.3, 0.4) is 0 Å². The zero-order chi connectivity index (χ0) is 10.7. The number of aromatic carboxylic acids is 1. The molecule has 0 amide bonds. The fourth-order valence-corrected chi connectivity index (χ4v) is 1.25. The highest BCUT2D eigenvalue weighted by molar-refractivity contribution is 5.88.